The quantitative estimate of drug-likeness (QED) is 0.489. The van der Waals surface area contributed by atoms with Gasteiger partial charge in [0.15, 0.2) is 17.3 Å². The molecule has 3 heterocycles. The SMILES string of the molecule is CCn1c(-c2nonc2N)nc2c(C#CC(C)(C)O)nc(-c3ccccc3C#N)cc21. The van der Waals surface area contributed by atoms with Crippen LogP contribution in [0.5, 0.6) is 0 Å². The lowest BCUT2D eigenvalue weighted by Gasteiger charge is -2.08. The second kappa shape index (κ2) is 7.56. The Morgan fingerprint density at radius 3 is 2.65 bits per heavy atom. The molecule has 0 saturated heterocycles. The van der Waals surface area contributed by atoms with E-state index in [0.29, 0.717) is 46.1 Å². The average Bonchev–Trinajstić information content (AvgIpc) is 3.33. The molecule has 154 valence electrons. The molecule has 1 aromatic carbocycles. The topological polar surface area (TPSA) is 140 Å². The minimum atomic E-state index is -1.22. The molecule has 0 radical (unpaired) electrons. The van der Waals surface area contributed by atoms with Crippen LogP contribution in [0.2, 0.25) is 0 Å². The van der Waals surface area contributed by atoms with E-state index in [0.717, 1.165) is 5.52 Å². The number of aromatic nitrogens is 5. The van der Waals surface area contributed by atoms with Crippen molar-refractivity contribution >= 4 is 16.9 Å². The van der Waals surface area contributed by atoms with Gasteiger partial charge in [-0.25, -0.2) is 14.6 Å². The van der Waals surface area contributed by atoms with E-state index in [2.05, 4.69) is 38.2 Å². The maximum absolute atomic E-state index is 10.1. The summed E-state index contributed by atoms with van der Waals surface area (Å²) in [6, 6.07) is 11.2. The molecule has 0 unspecified atom stereocenters. The summed E-state index contributed by atoms with van der Waals surface area (Å²) in [7, 11) is 0. The van der Waals surface area contributed by atoms with E-state index in [1.165, 1.54) is 0 Å². The summed E-state index contributed by atoms with van der Waals surface area (Å²) in [5, 5.41) is 27.2. The Morgan fingerprint density at radius 2 is 2.00 bits per heavy atom. The fourth-order valence-corrected chi connectivity index (χ4v) is 3.21. The second-order valence-corrected chi connectivity index (χ2v) is 7.37. The number of aliphatic hydroxyl groups is 1. The molecule has 4 rings (SSSR count). The Morgan fingerprint density at radius 1 is 1.23 bits per heavy atom. The molecule has 0 aliphatic carbocycles. The van der Waals surface area contributed by atoms with Crippen LogP contribution in [0.1, 0.15) is 32.0 Å². The first-order valence-corrected chi connectivity index (χ1v) is 9.57. The number of nitrogen functional groups attached to an aromatic ring is 1. The predicted octanol–water partition coefficient (Wildman–Crippen LogP) is 2.74. The molecule has 0 aliphatic heterocycles. The summed E-state index contributed by atoms with van der Waals surface area (Å²) >= 11 is 0. The molecule has 0 aliphatic rings. The van der Waals surface area contributed by atoms with E-state index in [-0.39, 0.29) is 5.82 Å². The third kappa shape index (κ3) is 3.70. The number of nitriles is 1. The monoisotopic (exact) mass is 413 g/mol. The average molecular weight is 413 g/mol. The molecule has 3 aromatic heterocycles. The number of rotatable bonds is 3. The summed E-state index contributed by atoms with van der Waals surface area (Å²) in [5.41, 5.74) is 8.35. The van der Waals surface area contributed by atoms with Gasteiger partial charge in [0.05, 0.1) is 22.8 Å². The van der Waals surface area contributed by atoms with Gasteiger partial charge < -0.3 is 15.4 Å². The van der Waals surface area contributed by atoms with Crippen molar-refractivity contribution in [1.82, 2.24) is 24.8 Å². The van der Waals surface area contributed by atoms with Crippen LogP contribution in [-0.4, -0.2) is 35.6 Å². The van der Waals surface area contributed by atoms with E-state index < -0.39 is 5.60 Å². The lowest BCUT2D eigenvalue weighted by Crippen LogP contribution is -2.14. The number of fused-ring (bicyclic) bond motifs is 1. The molecular formula is C22H19N7O2. The number of hydrogen-bond donors (Lipinski definition) is 2. The third-order valence-corrected chi connectivity index (χ3v) is 4.59. The van der Waals surface area contributed by atoms with Crippen LogP contribution in [0.3, 0.4) is 0 Å². The van der Waals surface area contributed by atoms with Crippen molar-refractivity contribution in [2.24, 2.45) is 0 Å². The van der Waals surface area contributed by atoms with Crippen molar-refractivity contribution in [3.05, 3.63) is 41.6 Å². The number of benzene rings is 1. The predicted molar refractivity (Wildman–Crippen MR) is 114 cm³/mol. The maximum Gasteiger partial charge on any atom is 0.199 e. The van der Waals surface area contributed by atoms with E-state index in [1.807, 2.05) is 29.7 Å². The van der Waals surface area contributed by atoms with Gasteiger partial charge in [-0.3, -0.25) is 0 Å². The molecule has 0 fully saturated rings. The molecule has 9 heteroatoms. The van der Waals surface area contributed by atoms with E-state index in [1.54, 1.807) is 26.0 Å². The number of imidazole rings is 1. The highest BCUT2D eigenvalue weighted by atomic mass is 16.6. The van der Waals surface area contributed by atoms with Crippen molar-refractivity contribution < 1.29 is 9.74 Å². The van der Waals surface area contributed by atoms with Gasteiger partial charge >= 0.3 is 0 Å². The Bertz CT molecular complexity index is 1390. The van der Waals surface area contributed by atoms with E-state index in [4.69, 9.17) is 10.4 Å². The Kier molecular flexibility index (Phi) is 4.90. The molecule has 4 aromatic rings. The van der Waals surface area contributed by atoms with Crippen molar-refractivity contribution in [2.75, 3.05) is 5.73 Å². The molecule has 31 heavy (non-hydrogen) atoms. The fraction of sp³-hybridized carbons (Fsp3) is 0.227. The standard InChI is InChI=1S/C22H19N7O2/c1-4-29-17-11-16(14-8-6-5-7-13(14)12-23)25-15(9-10-22(2,3)30)18(17)26-21(29)19-20(24)28-31-27-19/h5-8,11,30H,4H2,1-3H3,(H2,24,28). The van der Waals surface area contributed by atoms with Gasteiger partial charge in [-0.1, -0.05) is 24.1 Å². The van der Waals surface area contributed by atoms with E-state index >= 15 is 0 Å². The molecule has 0 atom stereocenters. The molecular weight excluding hydrogens is 394 g/mol. The first kappa shape index (κ1) is 20.1. The van der Waals surface area contributed by atoms with Crippen LogP contribution in [0.4, 0.5) is 5.82 Å². The largest absolute Gasteiger partial charge is 0.379 e. The summed E-state index contributed by atoms with van der Waals surface area (Å²) in [6.45, 7) is 5.69. The number of pyridine rings is 1. The number of anilines is 1. The first-order valence-electron chi connectivity index (χ1n) is 9.57. The van der Waals surface area contributed by atoms with Crippen LogP contribution in [0.15, 0.2) is 35.0 Å². The lowest BCUT2D eigenvalue weighted by atomic mass is 10.0. The van der Waals surface area contributed by atoms with Gasteiger partial charge in [-0.2, -0.15) is 5.26 Å². The van der Waals surface area contributed by atoms with Crippen LogP contribution in [-0.2, 0) is 6.54 Å². The minimum absolute atomic E-state index is 0.122. The lowest BCUT2D eigenvalue weighted by molar-refractivity contribution is 0.143. The molecule has 0 bridgehead atoms. The molecule has 3 N–H and O–H groups in total. The number of nitrogens with zero attached hydrogens (tertiary/aromatic N) is 6. The van der Waals surface area contributed by atoms with Crippen molar-refractivity contribution in [3.8, 4) is 40.7 Å². The summed E-state index contributed by atoms with van der Waals surface area (Å²) in [4.78, 5) is 9.35. The van der Waals surface area contributed by atoms with Gasteiger partial charge in [0.2, 0.25) is 0 Å². The van der Waals surface area contributed by atoms with Crippen molar-refractivity contribution in [3.63, 3.8) is 0 Å². The van der Waals surface area contributed by atoms with Crippen LogP contribution in [0, 0.1) is 23.2 Å². The van der Waals surface area contributed by atoms with E-state index in [9.17, 15) is 10.4 Å². The Labute approximate surface area is 178 Å². The number of hydrogen-bond acceptors (Lipinski definition) is 8. The second-order valence-electron chi connectivity index (χ2n) is 7.37. The highest BCUT2D eigenvalue weighted by molar-refractivity contribution is 5.89. The summed E-state index contributed by atoms with van der Waals surface area (Å²) < 4.78 is 6.65. The third-order valence-electron chi connectivity index (χ3n) is 4.59. The molecule has 0 spiro atoms. The van der Waals surface area contributed by atoms with Gasteiger partial charge in [0.1, 0.15) is 16.8 Å². The first-order chi connectivity index (χ1) is 14.8. The Balaban J connectivity index is 2.07. The minimum Gasteiger partial charge on any atom is -0.379 e. The highest BCUT2D eigenvalue weighted by Crippen LogP contribution is 2.31. The smallest absolute Gasteiger partial charge is 0.199 e. The van der Waals surface area contributed by atoms with Crippen LogP contribution < -0.4 is 5.73 Å². The van der Waals surface area contributed by atoms with Crippen molar-refractivity contribution in [1.29, 1.82) is 5.26 Å². The molecule has 9 nitrogen and oxygen atoms in total. The zero-order valence-corrected chi connectivity index (χ0v) is 17.2. The van der Waals surface area contributed by atoms with Gasteiger partial charge in [0, 0.05) is 12.1 Å². The van der Waals surface area contributed by atoms with Gasteiger partial charge in [-0.15, -0.1) is 0 Å². The summed E-state index contributed by atoms with van der Waals surface area (Å²) in [5.74, 6) is 6.32. The maximum atomic E-state index is 10.1. The summed E-state index contributed by atoms with van der Waals surface area (Å²) in [6.07, 6.45) is 0. The Hall–Kier alpha value is -4.21. The number of nitrogens with two attached hydrogens (primary N) is 1. The molecule has 0 saturated carbocycles. The van der Waals surface area contributed by atoms with Crippen LogP contribution >= 0.6 is 0 Å². The highest BCUT2D eigenvalue weighted by Gasteiger charge is 2.22. The van der Waals surface area contributed by atoms with Gasteiger partial charge in [0.25, 0.3) is 0 Å². The van der Waals surface area contributed by atoms with Crippen LogP contribution in [0.25, 0.3) is 33.8 Å². The normalized spacial score (nSPS) is 11.2. The molecule has 0 amide bonds. The van der Waals surface area contributed by atoms with Crippen molar-refractivity contribution in [2.45, 2.75) is 32.9 Å². The number of aryl methyl sites for hydroxylation is 1. The zero-order valence-electron chi connectivity index (χ0n) is 17.2. The van der Waals surface area contributed by atoms with Gasteiger partial charge in [-0.05, 0) is 49.1 Å². The zero-order chi connectivity index (χ0) is 22.2. The fourth-order valence-electron chi connectivity index (χ4n) is 3.21.